The largest absolute Gasteiger partial charge is 0.374 e. The zero-order valence-electron chi connectivity index (χ0n) is 9.30. The summed E-state index contributed by atoms with van der Waals surface area (Å²) in [5.74, 6) is 0.554. The third-order valence-electron chi connectivity index (χ3n) is 2.03. The predicted octanol–water partition coefficient (Wildman–Crippen LogP) is 2.12. The van der Waals surface area contributed by atoms with Gasteiger partial charge in [-0.1, -0.05) is 11.6 Å². The van der Waals surface area contributed by atoms with Gasteiger partial charge in [-0.05, 0) is 6.92 Å². The van der Waals surface area contributed by atoms with E-state index in [-0.39, 0.29) is 0 Å². The van der Waals surface area contributed by atoms with Crippen molar-refractivity contribution < 1.29 is 4.74 Å². The summed E-state index contributed by atoms with van der Waals surface area (Å²) in [6, 6.07) is 1.68. The van der Waals surface area contributed by atoms with Crippen LogP contribution in [0.25, 0.3) is 11.3 Å². The van der Waals surface area contributed by atoms with Crippen LogP contribution in [0, 0.1) is 0 Å². The Kier molecular flexibility index (Phi) is 3.95. The minimum absolute atomic E-state index is 0.345. The lowest BCUT2D eigenvalue weighted by Gasteiger charge is -2.04. The van der Waals surface area contributed by atoms with Crippen molar-refractivity contribution in [2.75, 3.05) is 6.61 Å². The van der Waals surface area contributed by atoms with Gasteiger partial charge >= 0.3 is 0 Å². The van der Waals surface area contributed by atoms with E-state index in [2.05, 4.69) is 19.9 Å². The highest BCUT2D eigenvalue weighted by Crippen LogP contribution is 2.18. The Morgan fingerprint density at radius 1 is 1.24 bits per heavy atom. The highest BCUT2D eigenvalue weighted by molar-refractivity contribution is 6.29. The third kappa shape index (κ3) is 3.18. The average molecular weight is 251 g/mol. The monoisotopic (exact) mass is 250 g/mol. The molecule has 0 amide bonds. The van der Waals surface area contributed by atoms with Crippen LogP contribution in [0.2, 0.25) is 5.15 Å². The van der Waals surface area contributed by atoms with Crippen LogP contribution >= 0.6 is 11.6 Å². The number of hydrogen-bond donors (Lipinski definition) is 0. The molecule has 0 aliphatic heterocycles. The maximum absolute atomic E-state index is 5.93. The van der Waals surface area contributed by atoms with Crippen LogP contribution in [-0.4, -0.2) is 26.5 Å². The number of aromatic nitrogens is 4. The molecule has 0 aliphatic carbocycles. The quantitative estimate of drug-likeness (QED) is 0.778. The fraction of sp³-hybridized carbons (Fsp3) is 0.273. The van der Waals surface area contributed by atoms with Crippen LogP contribution in [0.3, 0.4) is 0 Å². The molecule has 0 unspecified atom stereocenters. The number of hydrogen-bond acceptors (Lipinski definition) is 5. The first kappa shape index (κ1) is 11.9. The van der Waals surface area contributed by atoms with Gasteiger partial charge in [0.1, 0.15) is 18.1 Å². The zero-order chi connectivity index (χ0) is 12.1. The molecule has 0 N–H and O–H groups in total. The summed E-state index contributed by atoms with van der Waals surface area (Å²) >= 11 is 5.93. The molecule has 2 heterocycles. The van der Waals surface area contributed by atoms with Crippen LogP contribution < -0.4 is 0 Å². The van der Waals surface area contributed by atoms with Crippen molar-refractivity contribution >= 4 is 11.6 Å². The molecule has 0 saturated heterocycles. The van der Waals surface area contributed by atoms with Crippen LogP contribution in [0.1, 0.15) is 12.7 Å². The Morgan fingerprint density at radius 3 is 2.71 bits per heavy atom. The Balaban J connectivity index is 2.32. The zero-order valence-corrected chi connectivity index (χ0v) is 10.1. The van der Waals surface area contributed by atoms with Crippen molar-refractivity contribution in [3.05, 3.63) is 35.8 Å². The van der Waals surface area contributed by atoms with Gasteiger partial charge in [0.15, 0.2) is 5.82 Å². The molecule has 0 aromatic carbocycles. The van der Waals surface area contributed by atoms with Crippen LogP contribution in [0.15, 0.2) is 24.8 Å². The Hall–Kier alpha value is -1.59. The first-order chi connectivity index (χ1) is 8.29. The standard InChI is InChI=1S/C11H11ClN4O/c1-2-17-6-11-15-9(3-10(12)16-11)8-4-13-7-14-5-8/h3-5,7H,2,6H2,1H3. The predicted molar refractivity (Wildman–Crippen MR) is 63.4 cm³/mol. The SMILES string of the molecule is CCOCc1nc(Cl)cc(-c2cncnc2)n1. The Morgan fingerprint density at radius 2 is 2.00 bits per heavy atom. The molecule has 88 valence electrons. The van der Waals surface area contributed by atoms with Gasteiger partial charge in [0.25, 0.3) is 0 Å². The minimum atomic E-state index is 0.345. The molecule has 6 heteroatoms. The van der Waals surface area contributed by atoms with Gasteiger partial charge in [-0.2, -0.15) is 0 Å². The van der Waals surface area contributed by atoms with E-state index in [9.17, 15) is 0 Å². The maximum Gasteiger partial charge on any atom is 0.156 e. The average Bonchev–Trinajstić information content (AvgIpc) is 2.37. The molecule has 2 rings (SSSR count). The van der Waals surface area contributed by atoms with Crippen molar-refractivity contribution in [1.29, 1.82) is 0 Å². The second-order valence-corrected chi connectivity index (χ2v) is 3.64. The second kappa shape index (κ2) is 5.65. The van der Waals surface area contributed by atoms with Crippen molar-refractivity contribution in [2.45, 2.75) is 13.5 Å². The maximum atomic E-state index is 5.93. The molecule has 0 saturated carbocycles. The number of halogens is 1. The first-order valence-corrected chi connectivity index (χ1v) is 5.54. The van der Waals surface area contributed by atoms with Gasteiger partial charge < -0.3 is 4.74 Å². The number of nitrogens with zero attached hydrogens (tertiary/aromatic N) is 4. The molecular weight excluding hydrogens is 240 g/mol. The lowest BCUT2D eigenvalue weighted by Crippen LogP contribution is -2.00. The van der Waals surface area contributed by atoms with E-state index < -0.39 is 0 Å². The van der Waals surface area contributed by atoms with Gasteiger partial charge in [0.2, 0.25) is 0 Å². The topological polar surface area (TPSA) is 60.8 Å². The van der Waals surface area contributed by atoms with E-state index in [0.29, 0.717) is 29.9 Å². The van der Waals surface area contributed by atoms with Gasteiger partial charge in [0.05, 0.1) is 5.69 Å². The van der Waals surface area contributed by atoms with Gasteiger partial charge in [-0.15, -0.1) is 0 Å². The van der Waals surface area contributed by atoms with Gasteiger partial charge in [-0.3, -0.25) is 0 Å². The fourth-order valence-corrected chi connectivity index (χ4v) is 1.50. The van der Waals surface area contributed by atoms with Crippen LogP contribution in [0.4, 0.5) is 0 Å². The molecular formula is C11H11ClN4O. The summed E-state index contributed by atoms with van der Waals surface area (Å²) < 4.78 is 5.25. The van der Waals surface area contributed by atoms with Crippen molar-refractivity contribution in [1.82, 2.24) is 19.9 Å². The summed E-state index contributed by atoms with van der Waals surface area (Å²) in [5, 5.41) is 0.383. The number of ether oxygens (including phenoxy) is 1. The summed E-state index contributed by atoms with van der Waals surface area (Å²) in [6.07, 6.45) is 4.82. The molecule has 0 fully saturated rings. The highest BCUT2D eigenvalue weighted by atomic mass is 35.5. The molecule has 0 spiro atoms. The molecule has 0 atom stereocenters. The van der Waals surface area contributed by atoms with Crippen LogP contribution in [-0.2, 0) is 11.3 Å². The first-order valence-electron chi connectivity index (χ1n) is 5.16. The second-order valence-electron chi connectivity index (χ2n) is 3.26. The van der Waals surface area contributed by atoms with E-state index in [1.54, 1.807) is 18.5 Å². The Bertz CT molecular complexity index is 492. The Labute approximate surface area is 104 Å². The third-order valence-corrected chi connectivity index (χ3v) is 2.23. The lowest BCUT2D eigenvalue weighted by molar-refractivity contribution is 0.128. The molecule has 0 bridgehead atoms. The molecule has 17 heavy (non-hydrogen) atoms. The van der Waals surface area contributed by atoms with Crippen molar-refractivity contribution in [3.63, 3.8) is 0 Å². The lowest BCUT2D eigenvalue weighted by atomic mass is 10.2. The van der Waals surface area contributed by atoms with E-state index >= 15 is 0 Å². The molecule has 2 aromatic rings. The van der Waals surface area contributed by atoms with Crippen molar-refractivity contribution in [3.8, 4) is 11.3 Å². The molecule has 0 radical (unpaired) electrons. The smallest absolute Gasteiger partial charge is 0.156 e. The van der Waals surface area contributed by atoms with E-state index in [1.807, 2.05) is 6.92 Å². The van der Waals surface area contributed by atoms with Gasteiger partial charge in [0, 0.05) is 30.6 Å². The summed E-state index contributed by atoms with van der Waals surface area (Å²) in [5.41, 5.74) is 1.50. The summed E-state index contributed by atoms with van der Waals surface area (Å²) in [7, 11) is 0. The molecule has 5 nitrogen and oxygen atoms in total. The number of rotatable bonds is 4. The van der Waals surface area contributed by atoms with E-state index in [1.165, 1.54) is 6.33 Å². The van der Waals surface area contributed by atoms with Crippen LogP contribution in [0.5, 0.6) is 0 Å². The summed E-state index contributed by atoms with van der Waals surface area (Å²) in [6.45, 7) is 2.87. The van der Waals surface area contributed by atoms with Crippen molar-refractivity contribution in [2.24, 2.45) is 0 Å². The van der Waals surface area contributed by atoms with Gasteiger partial charge in [-0.25, -0.2) is 19.9 Å². The molecule has 2 aromatic heterocycles. The van der Waals surface area contributed by atoms with E-state index in [4.69, 9.17) is 16.3 Å². The normalized spacial score (nSPS) is 10.5. The highest BCUT2D eigenvalue weighted by Gasteiger charge is 2.06. The summed E-state index contributed by atoms with van der Waals surface area (Å²) in [4.78, 5) is 16.3. The fourth-order valence-electron chi connectivity index (χ4n) is 1.30. The molecule has 0 aliphatic rings. The minimum Gasteiger partial charge on any atom is -0.374 e. The van der Waals surface area contributed by atoms with E-state index in [0.717, 1.165) is 5.56 Å².